The van der Waals surface area contributed by atoms with Crippen LogP contribution in [0.1, 0.15) is 38.5 Å². The molecule has 6 heteroatoms. The van der Waals surface area contributed by atoms with E-state index in [4.69, 9.17) is 5.73 Å². The van der Waals surface area contributed by atoms with Gasteiger partial charge in [-0.05, 0) is 45.1 Å². The van der Waals surface area contributed by atoms with Crippen LogP contribution in [0.25, 0.3) is 0 Å². The molecule has 0 aromatic carbocycles. The van der Waals surface area contributed by atoms with Crippen molar-refractivity contribution in [2.24, 2.45) is 11.7 Å². The third kappa shape index (κ3) is 2.74. The number of amides is 2. The lowest BCUT2D eigenvalue weighted by Crippen LogP contribution is -2.64. The van der Waals surface area contributed by atoms with E-state index in [2.05, 4.69) is 5.32 Å². The Bertz CT molecular complexity index is 449. The van der Waals surface area contributed by atoms with Gasteiger partial charge in [0, 0.05) is 38.6 Å². The summed E-state index contributed by atoms with van der Waals surface area (Å²) in [6.45, 7) is 3.10. The van der Waals surface area contributed by atoms with Crippen molar-refractivity contribution in [2.45, 2.75) is 50.1 Å². The smallest absolute Gasteiger partial charge is 0.242 e. The normalized spacial score (nSPS) is 30.7. The Morgan fingerprint density at radius 1 is 1.41 bits per heavy atom. The summed E-state index contributed by atoms with van der Waals surface area (Å²) in [5.74, 6) is 0.817. The van der Waals surface area contributed by atoms with Crippen molar-refractivity contribution in [1.82, 2.24) is 15.1 Å². The van der Waals surface area contributed by atoms with Crippen molar-refractivity contribution in [2.75, 3.05) is 33.2 Å². The third-order valence-corrected chi connectivity index (χ3v) is 5.71. The van der Waals surface area contributed by atoms with E-state index in [0.717, 1.165) is 58.3 Å². The van der Waals surface area contributed by atoms with E-state index in [-0.39, 0.29) is 11.8 Å². The van der Waals surface area contributed by atoms with Crippen LogP contribution in [-0.2, 0) is 9.59 Å². The molecule has 0 unspecified atom stereocenters. The second-order valence-corrected chi connectivity index (χ2v) is 7.11. The minimum absolute atomic E-state index is 0.135. The molecule has 22 heavy (non-hydrogen) atoms. The summed E-state index contributed by atoms with van der Waals surface area (Å²) in [5.41, 5.74) is 5.60. The van der Waals surface area contributed by atoms with Gasteiger partial charge in [-0.25, -0.2) is 0 Å². The number of likely N-dealkylation sites (N-methyl/N-ethyl adjacent to an activating group) is 1. The summed E-state index contributed by atoms with van der Waals surface area (Å²) >= 11 is 0. The van der Waals surface area contributed by atoms with Gasteiger partial charge in [-0.15, -0.1) is 0 Å². The highest BCUT2D eigenvalue weighted by atomic mass is 16.2. The molecular weight excluding hydrogens is 280 g/mol. The van der Waals surface area contributed by atoms with Gasteiger partial charge in [0.2, 0.25) is 11.8 Å². The van der Waals surface area contributed by atoms with Crippen molar-refractivity contribution < 1.29 is 9.59 Å². The van der Waals surface area contributed by atoms with Gasteiger partial charge in [-0.1, -0.05) is 0 Å². The average Bonchev–Trinajstić information content (AvgIpc) is 2.50. The number of piperidine rings is 2. The summed E-state index contributed by atoms with van der Waals surface area (Å²) in [6, 6.07) is 0.300. The number of fused-ring (bicyclic) bond motifs is 1. The minimum Gasteiger partial charge on any atom is -0.341 e. The molecule has 0 bridgehead atoms. The molecule has 0 radical (unpaired) electrons. The summed E-state index contributed by atoms with van der Waals surface area (Å²) in [5, 5.41) is 3.12. The van der Waals surface area contributed by atoms with Gasteiger partial charge >= 0.3 is 0 Å². The molecule has 3 fully saturated rings. The zero-order valence-corrected chi connectivity index (χ0v) is 13.5. The number of nitrogens with zero attached hydrogens (tertiary/aromatic N) is 2. The van der Waals surface area contributed by atoms with Crippen LogP contribution in [0.5, 0.6) is 0 Å². The quantitative estimate of drug-likeness (QED) is 0.762. The summed E-state index contributed by atoms with van der Waals surface area (Å²) in [4.78, 5) is 28.8. The van der Waals surface area contributed by atoms with Crippen molar-refractivity contribution >= 4 is 11.8 Å². The maximum absolute atomic E-state index is 12.6. The lowest BCUT2D eigenvalue weighted by atomic mass is 9.75. The fourth-order valence-corrected chi connectivity index (χ4v) is 4.14. The number of carbonyl (C=O) groups is 2. The van der Waals surface area contributed by atoms with Crippen LogP contribution in [0.3, 0.4) is 0 Å². The van der Waals surface area contributed by atoms with E-state index in [9.17, 15) is 9.59 Å². The van der Waals surface area contributed by atoms with Gasteiger partial charge < -0.3 is 20.9 Å². The molecule has 3 rings (SSSR count). The molecule has 2 saturated heterocycles. The van der Waals surface area contributed by atoms with Gasteiger partial charge in [0.05, 0.1) is 5.54 Å². The molecule has 6 nitrogen and oxygen atoms in total. The van der Waals surface area contributed by atoms with Crippen LogP contribution < -0.4 is 11.1 Å². The maximum Gasteiger partial charge on any atom is 0.242 e. The number of nitrogens with two attached hydrogens (primary N) is 1. The predicted molar refractivity (Wildman–Crippen MR) is 84.1 cm³/mol. The molecule has 3 aliphatic rings. The first-order chi connectivity index (χ1) is 10.5. The topological polar surface area (TPSA) is 78.7 Å². The third-order valence-electron chi connectivity index (χ3n) is 5.71. The maximum atomic E-state index is 12.6. The number of rotatable bonds is 4. The second kappa shape index (κ2) is 6.16. The molecule has 1 aliphatic carbocycles. The van der Waals surface area contributed by atoms with E-state index in [1.165, 1.54) is 0 Å². The standard InChI is InChI=1S/C16H28N4O2/c1-18-8-10-20-13-5-9-19(11-12(13)3-4-14(20)21)15(22)16(17)6-2-7-16/h12-13,18H,2-11,17H2,1H3/t12-,13+/m0/s1. The van der Waals surface area contributed by atoms with Crippen LogP contribution in [0, 0.1) is 5.92 Å². The van der Waals surface area contributed by atoms with Gasteiger partial charge in [-0.3, -0.25) is 9.59 Å². The number of carbonyl (C=O) groups excluding carboxylic acids is 2. The van der Waals surface area contributed by atoms with E-state index in [1.807, 2.05) is 16.8 Å². The molecule has 2 atom stereocenters. The Morgan fingerprint density at radius 3 is 2.82 bits per heavy atom. The molecule has 0 aromatic heterocycles. The highest BCUT2D eigenvalue weighted by Gasteiger charge is 2.46. The van der Waals surface area contributed by atoms with Crippen LogP contribution in [0.15, 0.2) is 0 Å². The molecule has 2 aliphatic heterocycles. The molecule has 1 saturated carbocycles. The molecule has 2 heterocycles. The lowest BCUT2D eigenvalue weighted by molar-refractivity contribution is -0.148. The summed E-state index contributed by atoms with van der Waals surface area (Å²) < 4.78 is 0. The van der Waals surface area contributed by atoms with Crippen LogP contribution in [0.4, 0.5) is 0 Å². The molecular formula is C16H28N4O2. The second-order valence-electron chi connectivity index (χ2n) is 7.11. The SMILES string of the molecule is CNCCN1C(=O)CC[C@H]2CN(C(=O)C3(N)CCC3)CC[C@H]21. The Hall–Kier alpha value is -1.14. The molecule has 3 N–H and O–H groups in total. The van der Waals surface area contributed by atoms with E-state index in [0.29, 0.717) is 18.4 Å². The Labute approximate surface area is 132 Å². The van der Waals surface area contributed by atoms with Gasteiger partial charge in [0.15, 0.2) is 0 Å². The Morgan fingerprint density at radius 2 is 2.18 bits per heavy atom. The fraction of sp³-hybridized carbons (Fsp3) is 0.875. The lowest BCUT2D eigenvalue weighted by Gasteiger charge is -2.49. The van der Waals surface area contributed by atoms with Gasteiger partial charge in [-0.2, -0.15) is 0 Å². The predicted octanol–water partition coefficient (Wildman–Crippen LogP) is -0.0733. The van der Waals surface area contributed by atoms with Crippen molar-refractivity contribution in [3.8, 4) is 0 Å². The highest BCUT2D eigenvalue weighted by Crippen LogP contribution is 2.35. The number of hydrogen-bond acceptors (Lipinski definition) is 4. The summed E-state index contributed by atoms with van der Waals surface area (Å²) in [6.07, 6.45) is 5.12. The zero-order valence-electron chi connectivity index (χ0n) is 13.5. The number of likely N-dealkylation sites (tertiary alicyclic amines) is 2. The first-order valence-electron chi connectivity index (χ1n) is 8.57. The van der Waals surface area contributed by atoms with Crippen molar-refractivity contribution in [1.29, 1.82) is 0 Å². The molecule has 0 aromatic rings. The van der Waals surface area contributed by atoms with Crippen LogP contribution in [-0.4, -0.2) is 66.4 Å². The first-order valence-corrected chi connectivity index (χ1v) is 8.57. The number of hydrogen-bond donors (Lipinski definition) is 2. The monoisotopic (exact) mass is 308 g/mol. The highest BCUT2D eigenvalue weighted by molar-refractivity contribution is 5.87. The first kappa shape index (κ1) is 15.7. The number of nitrogens with one attached hydrogen (secondary N) is 1. The molecule has 0 spiro atoms. The fourth-order valence-electron chi connectivity index (χ4n) is 4.14. The average molecular weight is 308 g/mol. The van der Waals surface area contributed by atoms with Crippen LogP contribution >= 0.6 is 0 Å². The summed E-state index contributed by atoms with van der Waals surface area (Å²) in [7, 11) is 1.91. The van der Waals surface area contributed by atoms with E-state index >= 15 is 0 Å². The van der Waals surface area contributed by atoms with E-state index < -0.39 is 5.54 Å². The largest absolute Gasteiger partial charge is 0.341 e. The minimum atomic E-state index is -0.594. The van der Waals surface area contributed by atoms with E-state index in [1.54, 1.807) is 0 Å². The molecule has 2 amide bonds. The van der Waals surface area contributed by atoms with Crippen LogP contribution in [0.2, 0.25) is 0 Å². The Balaban J connectivity index is 1.63. The van der Waals surface area contributed by atoms with Gasteiger partial charge in [0.25, 0.3) is 0 Å². The van der Waals surface area contributed by atoms with Crippen molar-refractivity contribution in [3.63, 3.8) is 0 Å². The van der Waals surface area contributed by atoms with Crippen molar-refractivity contribution in [3.05, 3.63) is 0 Å². The molecule has 124 valence electrons. The zero-order chi connectivity index (χ0) is 15.7. The van der Waals surface area contributed by atoms with Gasteiger partial charge in [0.1, 0.15) is 0 Å². The Kier molecular flexibility index (Phi) is 4.41.